The number of para-hydroxylation sites is 2. The Balaban J connectivity index is 1.55. The summed E-state index contributed by atoms with van der Waals surface area (Å²) >= 11 is 3.22. The van der Waals surface area contributed by atoms with Gasteiger partial charge in [0.15, 0.2) is 5.17 Å². The summed E-state index contributed by atoms with van der Waals surface area (Å²) in [6.07, 6.45) is 5.75. The van der Waals surface area contributed by atoms with Crippen LogP contribution in [0.3, 0.4) is 0 Å². The minimum Gasteiger partial charge on any atom is -0.337 e. The molecule has 1 saturated heterocycles. The molecular formula is C23H23N3OS2. The highest BCUT2D eigenvalue weighted by molar-refractivity contribution is 8.19. The van der Waals surface area contributed by atoms with E-state index in [9.17, 15) is 4.79 Å². The van der Waals surface area contributed by atoms with Gasteiger partial charge in [0.25, 0.3) is 5.91 Å². The summed E-state index contributed by atoms with van der Waals surface area (Å²) in [5.74, 6) is 0.110. The first-order valence-corrected chi connectivity index (χ1v) is 11.8. The quantitative estimate of drug-likeness (QED) is 0.558. The van der Waals surface area contributed by atoms with Gasteiger partial charge in [-0.05, 0) is 48.9 Å². The Morgan fingerprint density at radius 1 is 0.931 bits per heavy atom. The topological polar surface area (TPSA) is 35.9 Å². The molecule has 5 rings (SSSR count). The zero-order chi connectivity index (χ0) is 19.8. The van der Waals surface area contributed by atoms with E-state index in [4.69, 9.17) is 4.99 Å². The minimum absolute atomic E-state index is 0.110. The van der Waals surface area contributed by atoms with Gasteiger partial charge in [-0.3, -0.25) is 9.69 Å². The molecule has 148 valence electrons. The molecule has 1 saturated carbocycles. The molecule has 0 atom stereocenters. The predicted molar refractivity (Wildman–Crippen MR) is 123 cm³/mol. The number of hydrogen-bond acceptors (Lipinski definition) is 5. The molecule has 0 unspecified atom stereocenters. The number of amidine groups is 1. The number of benzene rings is 2. The maximum absolute atomic E-state index is 13.6. The Bertz CT molecular complexity index is 996. The number of fused-ring (bicyclic) bond motifs is 1. The average Bonchev–Trinajstić information content (AvgIpc) is 3.26. The number of hydrogen-bond donors (Lipinski definition) is 0. The molecule has 3 aliphatic rings. The van der Waals surface area contributed by atoms with E-state index in [1.54, 1.807) is 11.8 Å². The highest BCUT2D eigenvalue weighted by Gasteiger charge is 2.42. The second kappa shape index (κ2) is 7.92. The van der Waals surface area contributed by atoms with E-state index in [1.807, 2.05) is 54.4 Å². The predicted octanol–water partition coefficient (Wildman–Crippen LogP) is 5.99. The van der Waals surface area contributed by atoms with Crippen LogP contribution in [-0.2, 0) is 4.79 Å². The lowest BCUT2D eigenvalue weighted by molar-refractivity contribution is -0.124. The van der Waals surface area contributed by atoms with E-state index >= 15 is 0 Å². The second-order valence-electron chi connectivity index (χ2n) is 7.56. The monoisotopic (exact) mass is 421 g/mol. The summed E-state index contributed by atoms with van der Waals surface area (Å²) in [6, 6.07) is 18.5. The number of nitrogens with zero attached hydrogens (tertiary/aromatic N) is 3. The second-order valence-corrected chi connectivity index (χ2v) is 9.57. The molecule has 2 heterocycles. The summed E-state index contributed by atoms with van der Waals surface area (Å²) in [5.41, 5.74) is 2.05. The maximum Gasteiger partial charge on any atom is 0.269 e. The van der Waals surface area contributed by atoms with Crippen LogP contribution >= 0.6 is 23.5 Å². The molecule has 2 aliphatic heterocycles. The van der Waals surface area contributed by atoms with Crippen molar-refractivity contribution in [1.29, 1.82) is 0 Å². The van der Waals surface area contributed by atoms with Gasteiger partial charge >= 0.3 is 0 Å². The molecule has 1 amide bonds. The lowest BCUT2D eigenvalue weighted by Crippen LogP contribution is -2.40. The molecule has 2 aromatic rings. The van der Waals surface area contributed by atoms with Crippen LogP contribution in [0.25, 0.3) is 0 Å². The summed E-state index contributed by atoms with van der Waals surface area (Å²) in [4.78, 5) is 24.6. The minimum atomic E-state index is 0.110. The first-order valence-electron chi connectivity index (χ1n) is 10.1. The van der Waals surface area contributed by atoms with Crippen LogP contribution < -0.4 is 4.90 Å². The Hall–Kier alpha value is -2.18. The van der Waals surface area contributed by atoms with E-state index in [2.05, 4.69) is 17.0 Å². The number of rotatable bonds is 2. The van der Waals surface area contributed by atoms with Gasteiger partial charge in [0, 0.05) is 18.0 Å². The third kappa shape index (κ3) is 3.49. The fourth-order valence-electron chi connectivity index (χ4n) is 4.17. The Kier molecular flexibility index (Phi) is 5.14. The van der Waals surface area contributed by atoms with E-state index in [0.717, 1.165) is 39.3 Å². The van der Waals surface area contributed by atoms with Crippen molar-refractivity contribution in [3.05, 3.63) is 64.5 Å². The Morgan fingerprint density at radius 2 is 1.66 bits per heavy atom. The number of carbonyl (C=O) groups excluding carboxylic acids is 1. The molecule has 0 bridgehead atoms. The van der Waals surface area contributed by atoms with Crippen molar-refractivity contribution in [3.8, 4) is 0 Å². The van der Waals surface area contributed by atoms with Crippen molar-refractivity contribution in [2.24, 2.45) is 4.99 Å². The van der Waals surface area contributed by atoms with Crippen LogP contribution in [0.4, 0.5) is 11.4 Å². The zero-order valence-electron chi connectivity index (χ0n) is 16.4. The number of thioether (sulfide) groups is 2. The van der Waals surface area contributed by atoms with Gasteiger partial charge < -0.3 is 4.90 Å². The Labute approximate surface area is 180 Å². The van der Waals surface area contributed by atoms with Crippen molar-refractivity contribution >= 4 is 46.0 Å². The highest BCUT2D eigenvalue weighted by Crippen LogP contribution is 2.50. The number of anilines is 1. The van der Waals surface area contributed by atoms with Gasteiger partial charge in [-0.25, -0.2) is 4.99 Å². The Morgan fingerprint density at radius 3 is 2.41 bits per heavy atom. The fraction of sp³-hybridized carbons (Fsp3) is 0.304. The van der Waals surface area contributed by atoms with Crippen molar-refractivity contribution < 1.29 is 4.79 Å². The third-order valence-electron chi connectivity index (χ3n) is 5.67. The van der Waals surface area contributed by atoms with E-state index < -0.39 is 0 Å². The molecule has 2 aromatic carbocycles. The highest BCUT2D eigenvalue weighted by atomic mass is 32.2. The molecule has 2 fully saturated rings. The average molecular weight is 422 g/mol. The van der Waals surface area contributed by atoms with Crippen LogP contribution in [0.2, 0.25) is 0 Å². The van der Waals surface area contributed by atoms with Crippen LogP contribution in [0.1, 0.15) is 32.1 Å². The van der Waals surface area contributed by atoms with Crippen LogP contribution in [-0.4, -0.2) is 29.1 Å². The molecule has 0 radical (unpaired) electrons. The van der Waals surface area contributed by atoms with Gasteiger partial charge in [-0.2, -0.15) is 0 Å². The zero-order valence-corrected chi connectivity index (χ0v) is 18.0. The van der Waals surface area contributed by atoms with E-state index in [-0.39, 0.29) is 11.9 Å². The molecule has 29 heavy (non-hydrogen) atoms. The SMILES string of the molecule is CN1C(=C2SC(=Nc3ccccc3)N(C3CCCCC3)C2=O)Sc2ccccc21. The standard InChI is InChI=1S/C23H23N3OS2/c1-25-18-14-8-9-15-19(18)28-22(25)20-21(27)26(17-12-6-3-7-13-17)23(29-20)24-16-10-4-2-5-11-16/h2,4-5,8-11,14-15,17H,3,6-7,12-13H2,1H3. The van der Waals surface area contributed by atoms with Gasteiger partial charge in [0.2, 0.25) is 0 Å². The molecule has 6 heteroatoms. The molecule has 0 spiro atoms. The summed E-state index contributed by atoms with van der Waals surface area (Å²) < 4.78 is 0. The van der Waals surface area contributed by atoms with Gasteiger partial charge in [-0.1, -0.05) is 61.4 Å². The summed E-state index contributed by atoms with van der Waals surface area (Å²) in [7, 11) is 2.05. The first-order chi connectivity index (χ1) is 14.2. The third-order valence-corrected chi connectivity index (χ3v) is 8.07. The number of carbonyl (C=O) groups is 1. The van der Waals surface area contributed by atoms with Crippen molar-refractivity contribution in [2.75, 3.05) is 11.9 Å². The van der Waals surface area contributed by atoms with E-state index in [0.29, 0.717) is 0 Å². The number of aliphatic imine (C=N–C) groups is 1. The maximum atomic E-state index is 13.6. The van der Waals surface area contributed by atoms with Gasteiger partial charge in [0.1, 0.15) is 4.91 Å². The molecular weight excluding hydrogens is 398 g/mol. The first kappa shape index (κ1) is 18.8. The molecule has 0 aromatic heterocycles. The lowest BCUT2D eigenvalue weighted by atomic mass is 9.94. The van der Waals surface area contributed by atoms with Crippen LogP contribution in [0.15, 0.2) is 74.4 Å². The summed E-state index contributed by atoms with van der Waals surface area (Å²) in [5, 5.41) is 1.83. The van der Waals surface area contributed by atoms with Crippen molar-refractivity contribution in [3.63, 3.8) is 0 Å². The number of amides is 1. The van der Waals surface area contributed by atoms with E-state index in [1.165, 1.54) is 35.9 Å². The van der Waals surface area contributed by atoms with Crippen LogP contribution in [0.5, 0.6) is 0 Å². The molecule has 4 nitrogen and oxygen atoms in total. The fourth-order valence-corrected chi connectivity index (χ4v) is 6.57. The lowest BCUT2D eigenvalue weighted by Gasteiger charge is -2.30. The van der Waals surface area contributed by atoms with Gasteiger partial charge in [0.05, 0.1) is 16.4 Å². The van der Waals surface area contributed by atoms with Crippen molar-refractivity contribution in [1.82, 2.24) is 4.90 Å². The molecule has 1 aliphatic carbocycles. The van der Waals surface area contributed by atoms with Crippen LogP contribution in [0, 0.1) is 0 Å². The molecule has 0 N–H and O–H groups in total. The normalized spacial score (nSPS) is 23.9. The smallest absolute Gasteiger partial charge is 0.269 e. The van der Waals surface area contributed by atoms with Gasteiger partial charge in [-0.15, -0.1) is 0 Å². The van der Waals surface area contributed by atoms with Crippen molar-refractivity contribution in [2.45, 2.75) is 43.0 Å². The largest absolute Gasteiger partial charge is 0.337 e. The summed E-state index contributed by atoms with van der Waals surface area (Å²) in [6.45, 7) is 0.